The number of nitrogen functional groups attached to an aromatic ring is 1. The Morgan fingerprint density at radius 1 is 1.32 bits per heavy atom. The predicted octanol–water partition coefficient (Wildman–Crippen LogP) is 2.73. The summed E-state index contributed by atoms with van der Waals surface area (Å²) in [6.07, 6.45) is 1.66. The third kappa shape index (κ3) is 4.94. The second kappa shape index (κ2) is 9.43. The molecule has 0 amide bonds. The largest absolute Gasteiger partial charge is 0.494 e. The van der Waals surface area contributed by atoms with Gasteiger partial charge < -0.3 is 15.4 Å². The van der Waals surface area contributed by atoms with Crippen LogP contribution in [-0.2, 0) is 13.1 Å². The van der Waals surface area contributed by atoms with Crippen molar-refractivity contribution in [3.8, 4) is 5.75 Å². The molecule has 0 aliphatic rings. The predicted molar refractivity (Wildman–Crippen MR) is 109 cm³/mol. The minimum absolute atomic E-state index is 0.136. The molecule has 1 aromatic carbocycles. The van der Waals surface area contributed by atoms with Crippen LogP contribution in [0.25, 0.3) is 0 Å². The van der Waals surface area contributed by atoms with Crippen LogP contribution in [0, 0.1) is 11.7 Å². The van der Waals surface area contributed by atoms with Crippen LogP contribution in [0.2, 0.25) is 0 Å². The molecule has 0 bridgehead atoms. The summed E-state index contributed by atoms with van der Waals surface area (Å²) < 4.78 is 20.4. The molecule has 0 fully saturated rings. The molecule has 0 saturated carbocycles. The van der Waals surface area contributed by atoms with Crippen molar-refractivity contribution in [2.45, 2.75) is 46.7 Å². The van der Waals surface area contributed by atoms with Crippen molar-refractivity contribution in [2.24, 2.45) is 5.92 Å². The first kappa shape index (κ1) is 21.5. The number of aromatic nitrogens is 2. The van der Waals surface area contributed by atoms with Crippen molar-refractivity contribution in [1.82, 2.24) is 9.55 Å². The highest BCUT2D eigenvalue weighted by Gasteiger charge is 2.20. The molecule has 0 saturated heterocycles. The number of nitrogens with zero attached hydrogens (tertiary/aromatic N) is 2. The second-order valence-corrected chi connectivity index (χ2v) is 7.24. The quantitative estimate of drug-likeness (QED) is 0.684. The van der Waals surface area contributed by atoms with E-state index in [9.17, 15) is 14.0 Å². The smallest absolute Gasteiger partial charge is 0.330 e. The van der Waals surface area contributed by atoms with E-state index in [1.54, 1.807) is 17.0 Å². The Morgan fingerprint density at radius 3 is 2.61 bits per heavy atom. The van der Waals surface area contributed by atoms with Crippen LogP contribution >= 0.6 is 0 Å². The molecule has 2 aromatic rings. The minimum Gasteiger partial charge on any atom is -0.494 e. The number of hydrogen-bond donors (Lipinski definition) is 2. The molecule has 2 rings (SSSR count). The third-order valence-corrected chi connectivity index (χ3v) is 4.44. The van der Waals surface area contributed by atoms with Gasteiger partial charge in [0.2, 0.25) is 0 Å². The van der Waals surface area contributed by atoms with E-state index < -0.39 is 17.1 Å². The molecule has 0 aliphatic carbocycles. The highest BCUT2D eigenvalue weighted by Crippen LogP contribution is 2.23. The number of anilines is 2. The normalized spacial score (nSPS) is 11.1. The topological polar surface area (TPSA) is 93.3 Å². The minimum atomic E-state index is -0.537. The number of unbranched alkanes of at least 4 members (excludes halogenated alkanes) is 1. The van der Waals surface area contributed by atoms with E-state index in [2.05, 4.69) is 4.98 Å². The Hall–Kier alpha value is -2.77. The second-order valence-electron chi connectivity index (χ2n) is 7.24. The number of aromatic amines is 1. The summed E-state index contributed by atoms with van der Waals surface area (Å²) in [5, 5.41) is 0. The Kier molecular flexibility index (Phi) is 7.25. The number of methoxy groups -OCH3 is 1. The summed E-state index contributed by atoms with van der Waals surface area (Å²) in [5.74, 6) is 0.0404. The van der Waals surface area contributed by atoms with Gasteiger partial charge in [0.1, 0.15) is 11.5 Å². The number of ether oxygens (including phenoxy) is 1. The van der Waals surface area contributed by atoms with Crippen molar-refractivity contribution in [3.63, 3.8) is 0 Å². The Bertz CT molecular complexity index is 921. The van der Waals surface area contributed by atoms with Crippen LogP contribution in [0.5, 0.6) is 5.75 Å². The van der Waals surface area contributed by atoms with Crippen LogP contribution in [0.3, 0.4) is 0 Å². The number of nitrogens with two attached hydrogens (primary N) is 1. The first-order chi connectivity index (χ1) is 13.3. The fourth-order valence-electron chi connectivity index (χ4n) is 3.13. The lowest BCUT2D eigenvalue weighted by Gasteiger charge is -2.28. The van der Waals surface area contributed by atoms with Gasteiger partial charge in [-0.25, -0.2) is 9.18 Å². The SMILES string of the molecule is CCCCn1c(N)c(N(Cc2ccc(OC)c(F)c2)CC(C)C)c(=O)[nH]c1=O. The highest BCUT2D eigenvalue weighted by atomic mass is 19.1. The third-order valence-electron chi connectivity index (χ3n) is 4.44. The molecule has 0 spiro atoms. The van der Waals surface area contributed by atoms with E-state index >= 15 is 0 Å². The Labute approximate surface area is 163 Å². The number of nitrogens with one attached hydrogen (secondary N) is 1. The van der Waals surface area contributed by atoms with E-state index in [-0.39, 0.29) is 29.7 Å². The lowest BCUT2D eigenvalue weighted by Crippen LogP contribution is -2.39. The summed E-state index contributed by atoms with van der Waals surface area (Å²) in [6, 6.07) is 4.67. The zero-order valence-corrected chi connectivity index (χ0v) is 16.9. The van der Waals surface area contributed by atoms with Gasteiger partial charge in [0.05, 0.1) is 7.11 Å². The van der Waals surface area contributed by atoms with E-state index in [1.165, 1.54) is 17.7 Å². The van der Waals surface area contributed by atoms with Crippen LogP contribution < -0.4 is 26.6 Å². The standard InChI is InChI=1S/C20H29FN4O3/c1-5-6-9-25-18(22)17(19(26)23-20(25)27)24(11-13(2)3)12-14-7-8-16(28-4)15(21)10-14/h7-8,10,13H,5-6,9,11-12,22H2,1-4H3,(H,23,26,27). The van der Waals surface area contributed by atoms with Crippen molar-refractivity contribution in [3.05, 3.63) is 50.4 Å². The van der Waals surface area contributed by atoms with Crippen molar-refractivity contribution < 1.29 is 9.13 Å². The van der Waals surface area contributed by atoms with Crippen molar-refractivity contribution >= 4 is 11.5 Å². The molecule has 1 heterocycles. The molecule has 7 nitrogen and oxygen atoms in total. The molecule has 28 heavy (non-hydrogen) atoms. The van der Waals surface area contributed by atoms with Crippen LogP contribution in [0.1, 0.15) is 39.2 Å². The molecule has 0 aliphatic heterocycles. The van der Waals surface area contributed by atoms with Crippen LogP contribution in [0.15, 0.2) is 27.8 Å². The number of hydrogen-bond acceptors (Lipinski definition) is 5. The molecule has 0 unspecified atom stereocenters. The summed E-state index contributed by atoms with van der Waals surface area (Å²) in [4.78, 5) is 28.9. The zero-order chi connectivity index (χ0) is 20.8. The van der Waals surface area contributed by atoms with E-state index in [0.717, 1.165) is 12.8 Å². The van der Waals surface area contributed by atoms with Crippen LogP contribution in [-0.4, -0.2) is 23.2 Å². The van der Waals surface area contributed by atoms with Gasteiger partial charge in [-0.2, -0.15) is 0 Å². The molecule has 1 aromatic heterocycles. The number of benzene rings is 1. The van der Waals surface area contributed by atoms with Gasteiger partial charge in [-0.15, -0.1) is 0 Å². The lowest BCUT2D eigenvalue weighted by molar-refractivity contribution is 0.386. The van der Waals surface area contributed by atoms with Gasteiger partial charge >= 0.3 is 5.69 Å². The van der Waals surface area contributed by atoms with E-state index in [4.69, 9.17) is 10.5 Å². The molecule has 8 heteroatoms. The molecule has 154 valence electrons. The Balaban J connectivity index is 2.49. The maximum atomic E-state index is 14.1. The summed E-state index contributed by atoms with van der Waals surface area (Å²) in [5.41, 5.74) is 6.09. The number of rotatable bonds is 9. The average molecular weight is 392 g/mol. The first-order valence-corrected chi connectivity index (χ1v) is 9.48. The van der Waals surface area contributed by atoms with Gasteiger partial charge in [-0.05, 0) is 30.0 Å². The zero-order valence-electron chi connectivity index (χ0n) is 16.9. The summed E-state index contributed by atoms with van der Waals surface area (Å²) in [6.45, 7) is 7.26. The first-order valence-electron chi connectivity index (χ1n) is 9.48. The van der Waals surface area contributed by atoms with Gasteiger partial charge in [-0.1, -0.05) is 33.3 Å². The molecule has 0 radical (unpaired) electrons. The maximum Gasteiger partial charge on any atom is 0.330 e. The number of halogens is 1. The van der Waals surface area contributed by atoms with Crippen LogP contribution in [0.4, 0.5) is 15.9 Å². The molecule has 0 atom stereocenters. The van der Waals surface area contributed by atoms with E-state index in [0.29, 0.717) is 18.7 Å². The van der Waals surface area contributed by atoms with Crippen molar-refractivity contribution in [2.75, 3.05) is 24.3 Å². The molecular weight excluding hydrogens is 363 g/mol. The molecule has 3 N–H and O–H groups in total. The van der Waals surface area contributed by atoms with E-state index in [1.807, 2.05) is 20.8 Å². The highest BCUT2D eigenvalue weighted by molar-refractivity contribution is 5.62. The summed E-state index contributed by atoms with van der Waals surface area (Å²) in [7, 11) is 1.41. The van der Waals surface area contributed by atoms with Gasteiger partial charge in [0.15, 0.2) is 11.6 Å². The summed E-state index contributed by atoms with van der Waals surface area (Å²) >= 11 is 0. The average Bonchev–Trinajstić information content (AvgIpc) is 2.61. The van der Waals surface area contributed by atoms with Gasteiger partial charge in [-0.3, -0.25) is 14.3 Å². The monoisotopic (exact) mass is 392 g/mol. The fourth-order valence-corrected chi connectivity index (χ4v) is 3.13. The maximum absolute atomic E-state index is 14.1. The van der Waals surface area contributed by atoms with Crippen molar-refractivity contribution in [1.29, 1.82) is 0 Å². The molecular formula is C20H29FN4O3. The number of H-pyrrole nitrogens is 1. The fraction of sp³-hybridized carbons (Fsp3) is 0.500. The van der Waals surface area contributed by atoms with Gasteiger partial charge in [0, 0.05) is 19.6 Å². The Morgan fingerprint density at radius 2 is 2.04 bits per heavy atom. The van der Waals surface area contributed by atoms with Gasteiger partial charge in [0.25, 0.3) is 5.56 Å². The lowest BCUT2D eigenvalue weighted by atomic mass is 10.1.